The number of hydrogen-bond donors (Lipinski definition) is 2. The molecule has 1 heterocycles. The summed E-state index contributed by atoms with van der Waals surface area (Å²) in [6, 6.07) is 9.77. The van der Waals surface area contributed by atoms with Gasteiger partial charge in [-0.15, -0.1) is 23.7 Å². The molecule has 4 nitrogen and oxygen atoms in total. The molecule has 2 aromatic rings. The molecule has 2 rings (SSSR count). The van der Waals surface area contributed by atoms with Gasteiger partial charge in [-0.3, -0.25) is 4.79 Å². The third-order valence-electron chi connectivity index (χ3n) is 3.50. The molecule has 126 valence electrons. The summed E-state index contributed by atoms with van der Waals surface area (Å²) in [5, 5.41) is 2.96. The molecule has 3 N–H and O–H groups in total. The van der Waals surface area contributed by atoms with Crippen LogP contribution in [-0.2, 0) is 0 Å². The maximum absolute atomic E-state index is 12.3. The van der Waals surface area contributed by atoms with Crippen molar-refractivity contribution >= 4 is 29.7 Å². The van der Waals surface area contributed by atoms with E-state index in [2.05, 4.69) is 5.32 Å². The van der Waals surface area contributed by atoms with Crippen LogP contribution in [0.25, 0.3) is 11.1 Å². The number of halogens is 1. The minimum Gasteiger partial charge on any atom is -0.497 e. The van der Waals surface area contributed by atoms with Gasteiger partial charge in [-0.05, 0) is 50.1 Å². The number of ether oxygens (including phenoxy) is 1. The Kier molecular flexibility index (Phi) is 6.62. The van der Waals surface area contributed by atoms with Crippen LogP contribution in [0.4, 0.5) is 0 Å². The molecular formula is C17H23ClN2O2S. The van der Waals surface area contributed by atoms with Crippen LogP contribution in [0.15, 0.2) is 30.3 Å². The summed E-state index contributed by atoms with van der Waals surface area (Å²) in [6.45, 7) is 6.25. The topological polar surface area (TPSA) is 64.3 Å². The molecule has 0 bridgehead atoms. The Morgan fingerprint density at radius 1 is 1.30 bits per heavy atom. The van der Waals surface area contributed by atoms with Gasteiger partial charge in [0.05, 0.1) is 12.0 Å². The van der Waals surface area contributed by atoms with Gasteiger partial charge in [-0.2, -0.15) is 0 Å². The SMILES string of the molecule is COc1ccc(-c2cc(C(=O)NC(C)(C)CN)sc2C)cc1.Cl. The fourth-order valence-corrected chi connectivity index (χ4v) is 3.01. The first-order valence-corrected chi connectivity index (χ1v) is 7.95. The minimum atomic E-state index is -0.407. The maximum atomic E-state index is 12.3. The Hall–Kier alpha value is -1.56. The molecule has 0 aliphatic heterocycles. The van der Waals surface area contributed by atoms with Gasteiger partial charge in [0, 0.05) is 17.0 Å². The normalized spacial score (nSPS) is 10.8. The van der Waals surface area contributed by atoms with E-state index in [1.54, 1.807) is 7.11 Å². The van der Waals surface area contributed by atoms with Crippen LogP contribution in [0.3, 0.4) is 0 Å². The first-order chi connectivity index (χ1) is 10.4. The predicted molar refractivity (Wildman–Crippen MR) is 98.9 cm³/mol. The van der Waals surface area contributed by atoms with Gasteiger partial charge in [0.25, 0.3) is 5.91 Å². The highest BCUT2D eigenvalue weighted by Gasteiger charge is 2.21. The van der Waals surface area contributed by atoms with Crippen molar-refractivity contribution in [2.24, 2.45) is 5.73 Å². The lowest BCUT2D eigenvalue weighted by Gasteiger charge is -2.23. The Morgan fingerprint density at radius 2 is 1.91 bits per heavy atom. The first-order valence-electron chi connectivity index (χ1n) is 7.14. The lowest BCUT2D eigenvalue weighted by molar-refractivity contribution is 0.0920. The van der Waals surface area contributed by atoms with Gasteiger partial charge in [-0.1, -0.05) is 12.1 Å². The van der Waals surface area contributed by atoms with Gasteiger partial charge < -0.3 is 15.8 Å². The molecule has 0 aliphatic carbocycles. The van der Waals surface area contributed by atoms with E-state index in [0.717, 1.165) is 21.8 Å². The zero-order chi connectivity index (χ0) is 16.3. The number of methoxy groups -OCH3 is 1. The quantitative estimate of drug-likeness (QED) is 0.861. The second kappa shape index (κ2) is 7.81. The van der Waals surface area contributed by atoms with Crippen LogP contribution < -0.4 is 15.8 Å². The van der Waals surface area contributed by atoms with Gasteiger partial charge in [0.15, 0.2) is 0 Å². The number of benzene rings is 1. The number of nitrogens with two attached hydrogens (primary N) is 1. The Balaban J connectivity index is 0.00000264. The molecule has 6 heteroatoms. The smallest absolute Gasteiger partial charge is 0.261 e. The Labute approximate surface area is 147 Å². The average molecular weight is 355 g/mol. The van der Waals surface area contributed by atoms with Crippen molar-refractivity contribution in [3.63, 3.8) is 0 Å². The molecule has 0 saturated heterocycles. The monoisotopic (exact) mass is 354 g/mol. The van der Waals surface area contributed by atoms with Crippen LogP contribution in [0.5, 0.6) is 5.75 Å². The number of nitrogens with one attached hydrogen (secondary N) is 1. The second-order valence-corrected chi connectivity index (χ2v) is 7.11. The molecule has 0 atom stereocenters. The minimum absolute atomic E-state index is 0. The summed E-state index contributed by atoms with van der Waals surface area (Å²) in [5.41, 5.74) is 7.40. The van der Waals surface area contributed by atoms with Crippen molar-refractivity contribution in [3.05, 3.63) is 40.1 Å². The van der Waals surface area contributed by atoms with Crippen molar-refractivity contribution < 1.29 is 9.53 Å². The van der Waals surface area contributed by atoms with E-state index < -0.39 is 5.54 Å². The summed E-state index contributed by atoms with van der Waals surface area (Å²) in [5.74, 6) is 0.739. The summed E-state index contributed by atoms with van der Waals surface area (Å²) in [4.78, 5) is 14.2. The van der Waals surface area contributed by atoms with Gasteiger partial charge in [0.1, 0.15) is 5.75 Å². The van der Waals surface area contributed by atoms with E-state index in [9.17, 15) is 4.79 Å². The zero-order valence-electron chi connectivity index (χ0n) is 13.8. The van der Waals surface area contributed by atoms with Crippen LogP contribution in [0.1, 0.15) is 28.4 Å². The number of carbonyl (C=O) groups is 1. The Bertz CT molecular complexity index is 666. The first kappa shape index (κ1) is 19.5. The lowest BCUT2D eigenvalue weighted by Crippen LogP contribution is -2.48. The molecule has 0 saturated carbocycles. The number of amides is 1. The number of rotatable bonds is 5. The van der Waals surface area contributed by atoms with E-state index in [0.29, 0.717) is 11.4 Å². The van der Waals surface area contributed by atoms with E-state index in [4.69, 9.17) is 10.5 Å². The number of aryl methyl sites for hydroxylation is 1. The van der Waals surface area contributed by atoms with Gasteiger partial charge in [-0.25, -0.2) is 0 Å². The van der Waals surface area contributed by atoms with Crippen LogP contribution >= 0.6 is 23.7 Å². The van der Waals surface area contributed by atoms with E-state index in [-0.39, 0.29) is 18.3 Å². The highest BCUT2D eigenvalue weighted by atomic mass is 35.5. The van der Waals surface area contributed by atoms with E-state index >= 15 is 0 Å². The molecule has 0 fully saturated rings. The Morgan fingerprint density at radius 3 is 2.43 bits per heavy atom. The van der Waals surface area contributed by atoms with Gasteiger partial charge >= 0.3 is 0 Å². The molecule has 0 unspecified atom stereocenters. The molecule has 0 radical (unpaired) electrons. The van der Waals surface area contributed by atoms with Crippen molar-refractivity contribution in [1.82, 2.24) is 5.32 Å². The lowest BCUT2D eigenvalue weighted by atomic mass is 10.1. The fourth-order valence-electron chi connectivity index (χ4n) is 2.07. The molecule has 0 aliphatic rings. The fraction of sp³-hybridized carbons (Fsp3) is 0.353. The molecule has 23 heavy (non-hydrogen) atoms. The summed E-state index contributed by atoms with van der Waals surface area (Å²) in [6.07, 6.45) is 0. The molecule has 1 aromatic carbocycles. The highest BCUT2D eigenvalue weighted by Crippen LogP contribution is 2.32. The number of carbonyl (C=O) groups excluding carboxylic acids is 1. The van der Waals surface area contributed by atoms with E-state index in [1.807, 2.05) is 51.1 Å². The molecular weight excluding hydrogens is 332 g/mol. The largest absolute Gasteiger partial charge is 0.497 e. The van der Waals surface area contributed by atoms with Crippen LogP contribution in [-0.4, -0.2) is 25.1 Å². The molecule has 1 amide bonds. The van der Waals surface area contributed by atoms with E-state index in [1.165, 1.54) is 11.3 Å². The second-order valence-electron chi connectivity index (χ2n) is 5.85. The zero-order valence-corrected chi connectivity index (χ0v) is 15.4. The maximum Gasteiger partial charge on any atom is 0.261 e. The number of thiophene rings is 1. The summed E-state index contributed by atoms with van der Waals surface area (Å²) >= 11 is 1.49. The third kappa shape index (κ3) is 4.70. The average Bonchev–Trinajstić information content (AvgIpc) is 2.89. The highest BCUT2D eigenvalue weighted by molar-refractivity contribution is 7.14. The van der Waals surface area contributed by atoms with Crippen molar-refractivity contribution in [3.8, 4) is 16.9 Å². The predicted octanol–water partition coefficient (Wildman–Crippen LogP) is 3.62. The van der Waals surface area contributed by atoms with Gasteiger partial charge in [0.2, 0.25) is 0 Å². The standard InChI is InChI=1S/C17H22N2O2S.ClH/c1-11-14(12-5-7-13(21-4)8-6-12)9-15(22-11)16(20)19-17(2,3)10-18;/h5-9H,10,18H2,1-4H3,(H,19,20);1H. The van der Waals surface area contributed by atoms with Crippen LogP contribution in [0, 0.1) is 6.92 Å². The van der Waals surface area contributed by atoms with Crippen molar-refractivity contribution in [2.45, 2.75) is 26.3 Å². The summed E-state index contributed by atoms with van der Waals surface area (Å²) < 4.78 is 5.17. The molecule has 0 spiro atoms. The molecule has 1 aromatic heterocycles. The van der Waals surface area contributed by atoms with Crippen LogP contribution in [0.2, 0.25) is 0 Å². The van der Waals surface area contributed by atoms with Crippen molar-refractivity contribution in [2.75, 3.05) is 13.7 Å². The van der Waals surface area contributed by atoms with Crippen molar-refractivity contribution in [1.29, 1.82) is 0 Å². The third-order valence-corrected chi connectivity index (χ3v) is 4.55. The summed E-state index contributed by atoms with van der Waals surface area (Å²) in [7, 11) is 1.65. The number of hydrogen-bond acceptors (Lipinski definition) is 4.